The summed E-state index contributed by atoms with van der Waals surface area (Å²) in [6, 6.07) is 13.8. The second-order valence-corrected chi connectivity index (χ2v) is 6.54. The smallest absolute Gasteiger partial charge is 0.331 e. The standard InChI is InChI=1S/C21H20N2O5/c1-15-10-11-16-6-2-4-8-18(16)22(15)20(24)14-28-21(25)13-12-17-7-3-5-9-19(17)23(26)27/h2-9,12-13,15H,10-11,14H2,1H3/b13-12+. The van der Waals surface area contributed by atoms with E-state index < -0.39 is 17.5 Å². The zero-order chi connectivity index (χ0) is 20.1. The molecule has 1 heterocycles. The van der Waals surface area contributed by atoms with Crippen LogP contribution in [-0.4, -0.2) is 29.4 Å². The Kier molecular flexibility index (Phi) is 5.84. The van der Waals surface area contributed by atoms with Crippen LogP contribution >= 0.6 is 0 Å². The van der Waals surface area contributed by atoms with Crippen LogP contribution in [0.5, 0.6) is 0 Å². The third-order valence-electron chi connectivity index (χ3n) is 4.66. The molecule has 7 nitrogen and oxygen atoms in total. The molecule has 1 aliphatic rings. The monoisotopic (exact) mass is 380 g/mol. The average Bonchev–Trinajstić information content (AvgIpc) is 2.70. The number of carbonyl (C=O) groups is 2. The fourth-order valence-corrected chi connectivity index (χ4v) is 3.27. The number of nitrogens with zero attached hydrogens (tertiary/aromatic N) is 2. The van der Waals surface area contributed by atoms with E-state index in [1.807, 2.05) is 31.2 Å². The number of amides is 1. The highest BCUT2D eigenvalue weighted by atomic mass is 16.6. The largest absolute Gasteiger partial charge is 0.452 e. The summed E-state index contributed by atoms with van der Waals surface area (Å²) in [6.45, 7) is 1.57. The third kappa shape index (κ3) is 4.25. The van der Waals surface area contributed by atoms with Crippen molar-refractivity contribution in [3.63, 3.8) is 0 Å². The first kappa shape index (κ1) is 19.3. The van der Waals surface area contributed by atoms with Gasteiger partial charge in [0.2, 0.25) is 0 Å². The summed E-state index contributed by atoms with van der Waals surface area (Å²) in [6.07, 6.45) is 4.14. The van der Waals surface area contributed by atoms with Gasteiger partial charge in [-0.15, -0.1) is 0 Å². The van der Waals surface area contributed by atoms with E-state index in [1.165, 1.54) is 18.2 Å². The summed E-state index contributed by atoms with van der Waals surface area (Å²) in [5.74, 6) is -1.03. The maximum absolute atomic E-state index is 12.6. The zero-order valence-corrected chi connectivity index (χ0v) is 15.4. The van der Waals surface area contributed by atoms with E-state index in [0.29, 0.717) is 0 Å². The number of para-hydroxylation sites is 2. The van der Waals surface area contributed by atoms with Gasteiger partial charge in [0.25, 0.3) is 11.6 Å². The second-order valence-electron chi connectivity index (χ2n) is 6.54. The number of fused-ring (bicyclic) bond motifs is 1. The number of nitro groups is 1. The minimum Gasteiger partial charge on any atom is -0.452 e. The number of rotatable bonds is 5. The summed E-state index contributed by atoms with van der Waals surface area (Å²) in [4.78, 5) is 36.7. The molecule has 0 aromatic heterocycles. The highest BCUT2D eigenvalue weighted by molar-refractivity contribution is 5.98. The van der Waals surface area contributed by atoms with Gasteiger partial charge >= 0.3 is 5.97 Å². The molecule has 1 amide bonds. The fraction of sp³-hybridized carbons (Fsp3) is 0.238. The van der Waals surface area contributed by atoms with Crippen molar-refractivity contribution >= 4 is 29.3 Å². The number of ether oxygens (including phenoxy) is 1. The Hall–Kier alpha value is -3.48. The fourth-order valence-electron chi connectivity index (χ4n) is 3.27. The molecule has 0 spiro atoms. The van der Waals surface area contributed by atoms with Crippen molar-refractivity contribution in [1.82, 2.24) is 0 Å². The predicted molar refractivity (Wildman–Crippen MR) is 105 cm³/mol. The zero-order valence-electron chi connectivity index (χ0n) is 15.4. The van der Waals surface area contributed by atoms with Crippen LogP contribution in [0.25, 0.3) is 6.08 Å². The van der Waals surface area contributed by atoms with Gasteiger partial charge in [0.05, 0.1) is 10.5 Å². The van der Waals surface area contributed by atoms with Gasteiger partial charge in [0, 0.05) is 23.9 Å². The lowest BCUT2D eigenvalue weighted by Gasteiger charge is -2.35. The molecular formula is C21H20N2O5. The molecule has 0 saturated carbocycles. The van der Waals surface area contributed by atoms with Crippen molar-refractivity contribution < 1.29 is 19.2 Å². The molecule has 3 rings (SSSR count). The van der Waals surface area contributed by atoms with E-state index >= 15 is 0 Å². The molecule has 2 aromatic rings. The van der Waals surface area contributed by atoms with Gasteiger partial charge in [-0.1, -0.05) is 30.3 Å². The summed E-state index contributed by atoms with van der Waals surface area (Å²) in [5, 5.41) is 11.0. The molecule has 1 aliphatic heterocycles. The maximum Gasteiger partial charge on any atom is 0.331 e. The number of aryl methyl sites for hydroxylation is 1. The summed E-state index contributed by atoms with van der Waals surface area (Å²) >= 11 is 0. The van der Waals surface area contributed by atoms with Crippen molar-refractivity contribution in [1.29, 1.82) is 0 Å². The Morgan fingerprint density at radius 3 is 2.71 bits per heavy atom. The molecule has 0 N–H and O–H groups in total. The number of esters is 1. The van der Waals surface area contributed by atoms with Crippen LogP contribution in [-0.2, 0) is 20.7 Å². The molecule has 1 atom stereocenters. The Morgan fingerprint density at radius 1 is 1.21 bits per heavy atom. The quantitative estimate of drug-likeness (QED) is 0.343. The normalized spacial score (nSPS) is 15.9. The minimum absolute atomic E-state index is 0.0172. The van der Waals surface area contributed by atoms with E-state index in [-0.39, 0.29) is 23.2 Å². The Bertz CT molecular complexity index is 938. The Balaban J connectivity index is 1.64. The van der Waals surface area contributed by atoms with Crippen LogP contribution in [0, 0.1) is 10.1 Å². The van der Waals surface area contributed by atoms with Gasteiger partial charge in [0.15, 0.2) is 6.61 Å². The van der Waals surface area contributed by atoms with Crippen LogP contribution in [0.4, 0.5) is 11.4 Å². The molecule has 144 valence electrons. The topological polar surface area (TPSA) is 89.8 Å². The summed E-state index contributed by atoms with van der Waals surface area (Å²) in [7, 11) is 0. The highest BCUT2D eigenvalue weighted by Gasteiger charge is 2.28. The summed E-state index contributed by atoms with van der Waals surface area (Å²) < 4.78 is 5.06. The lowest BCUT2D eigenvalue weighted by molar-refractivity contribution is -0.385. The molecule has 0 fully saturated rings. The molecule has 0 aliphatic carbocycles. The lowest BCUT2D eigenvalue weighted by atomic mass is 9.96. The highest BCUT2D eigenvalue weighted by Crippen LogP contribution is 2.30. The van der Waals surface area contributed by atoms with E-state index in [4.69, 9.17) is 4.74 Å². The lowest BCUT2D eigenvalue weighted by Crippen LogP contribution is -2.44. The molecule has 28 heavy (non-hydrogen) atoms. The SMILES string of the molecule is CC1CCc2ccccc2N1C(=O)COC(=O)/C=C/c1ccccc1[N+](=O)[O-]. The van der Waals surface area contributed by atoms with Crippen LogP contribution in [0.2, 0.25) is 0 Å². The van der Waals surface area contributed by atoms with Crippen molar-refractivity contribution in [2.75, 3.05) is 11.5 Å². The Morgan fingerprint density at radius 2 is 1.93 bits per heavy atom. The molecule has 0 saturated heterocycles. The third-order valence-corrected chi connectivity index (χ3v) is 4.66. The van der Waals surface area contributed by atoms with Gasteiger partial charge in [-0.25, -0.2) is 4.79 Å². The van der Waals surface area contributed by atoms with Crippen LogP contribution in [0.1, 0.15) is 24.5 Å². The van der Waals surface area contributed by atoms with Crippen LogP contribution in [0.15, 0.2) is 54.6 Å². The van der Waals surface area contributed by atoms with Crippen LogP contribution < -0.4 is 4.90 Å². The van der Waals surface area contributed by atoms with Gasteiger partial charge in [-0.3, -0.25) is 14.9 Å². The number of carbonyl (C=O) groups excluding carboxylic acids is 2. The molecular weight excluding hydrogens is 360 g/mol. The first-order chi connectivity index (χ1) is 13.5. The first-order valence-electron chi connectivity index (χ1n) is 8.95. The van der Waals surface area contributed by atoms with E-state index in [1.54, 1.807) is 17.0 Å². The van der Waals surface area contributed by atoms with Gasteiger partial charge in [0.1, 0.15) is 0 Å². The van der Waals surface area contributed by atoms with Crippen molar-refractivity contribution in [3.05, 3.63) is 75.8 Å². The average molecular weight is 380 g/mol. The number of hydrogen-bond acceptors (Lipinski definition) is 5. The maximum atomic E-state index is 12.6. The second kappa shape index (κ2) is 8.47. The van der Waals surface area contributed by atoms with Gasteiger partial charge in [-0.05, 0) is 43.5 Å². The Labute approximate surface area is 162 Å². The van der Waals surface area contributed by atoms with E-state index in [9.17, 15) is 19.7 Å². The number of benzene rings is 2. The number of anilines is 1. The van der Waals surface area contributed by atoms with Crippen molar-refractivity contribution in [2.24, 2.45) is 0 Å². The molecule has 7 heteroatoms. The van der Waals surface area contributed by atoms with E-state index in [0.717, 1.165) is 30.2 Å². The molecule has 2 aromatic carbocycles. The number of nitro benzene ring substituents is 1. The van der Waals surface area contributed by atoms with Crippen LogP contribution in [0.3, 0.4) is 0 Å². The van der Waals surface area contributed by atoms with E-state index in [2.05, 4.69) is 0 Å². The van der Waals surface area contributed by atoms with Crippen molar-refractivity contribution in [3.8, 4) is 0 Å². The molecule has 1 unspecified atom stereocenters. The molecule has 0 radical (unpaired) electrons. The predicted octanol–water partition coefficient (Wildman–Crippen LogP) is 3.52. The molecule has 0 bridgehead atoms. The van der Waals surface area contributed by atoms with Crippen molar-refractivity contribution in [2.45, 2.75) is 25.8 Å². The summed E-state index contributed by atoms with van der Waals surface area (Å²) in [5.41, 5.74) is 2.12. The number of hydrogen-bond donors (Lipinski definition) is 0. The van der Waals surface area contributed by atoms with Gasteiger partial charge < -0.3 is 9.64 Å². The first-order valence-corrected chi connectivity index (χ1v) is 8.95. The minimum atomic E-state index is -0.732. The van der Waals surface area contributed by atoms with Gasteiger partial charge in [-0.2, -0.15) is 0 Å².